The molecule has 3 aromatic carbocycles. The second-order valence-electron chi connectivity index (χ2n) is 9.99. The molecule has 0 aliphatic heterocycles. The van der Waals surface area contributed by atoms with E-state index in [0.717, 1.165) is 37.7 Å². The summed E-state index contributed by atoms with van der Waals surface area (Å²) in [4.78, 5) is 13.4. The van der Waals surface area contributed by atoms with Crippen LogP contribution in [0.15, 0.2) is 90.3 Å². The maximum Gasteiger partial charge on any atom is 0.306 e. The Kier molecular flexibility index (Phi) is 7.87. The van der Waals surface area contributed by atoms with Gasteiger partial charge in [0.05, 0.1) is 19.1 Å². The lowest BCUT2D eigenvalue weighted by atomic mass is 9.90. The molecule has 190 valence electrons. The van der Waals surface area contributed by atoms with Gasteiger partial charge in [-0.25, -0.2) is 0 Å². The van der Waals surface area contributed by atoms with Crippen molar-refractivity contribution in [1.29, 1.82) is 0 Å². The fourth-order valence-electron chi connectivity index (χ4n) is 5.15. The third-order valence-corrected chi connectivity index (χ3v) is 8.46. The lowest BCUT2D eigenvalue weighted by Gasteiger charge is -2.15. The van der Waals surface area contributed by atoms with Crippen LogP contribution in [0, 0.1) is 0 Å². The van der Waals surface area contributed by atoms with Crippen LogP contribution in [-0.4, -0.2) is 17.7 Å². The first-order valence-corrected chi connectivity index (χ1v) is 14.1. The number of carbonyl (C=O) groups excluding carboxylic acids is 1. The van der Waals surface area contributed by atoms with Crippen LogP contribution in [0.25, 0.3) is 22.3 Å². The Labute approximate surface area is 223 Å². The summed E-state index contributed by atoms with van der Waals surface area (Å²) in [5.41, 5.74) is 7.09. The van der Waals surface area contributed by atoms with Gasteiger partial charge in [-0.3, -0.25) is 4.79 Å². The lowest BCUT2D eigenvalue weighted by molar-refractivity contribution is -0.143. The topological polar surface area (TPSA) is 46.5 Å². The Morgan fingerprint density at radius 3 is 2.22 bits per heavy atom. The molecule has 1 N–H and O–H groups in total. The fraction of sp³-hybridized carbons (Fsp3) is 0.303. The van der Waals surface area contributed by atoms with Crippen molar-refractivity contribution in [3.8, 4) is 22.3 Å². The summed E-state index contributed by atoms with van der Waals surface area (Å²) >= 11 is 1.79. The minimum absolute atomic E-state index is 0.0267. The summed E-state index contributed by atoms with van der Waals surface area (Å²) < 4.78 is 5.18. The third-order valence-electron chi connectivity index (χ3n) is 7.48. The van der Waals surface area contributed by atoms with Crippen LogP contribution in [0.4, 0.5) is 0 Å². The minimum atomic E-state index is -0.407. The maximum absolute atomic E-state index is 12.0. The molecule has 3 nitrogen and oxygen atoms in total. The van der Waals surface area contributed by atoms with Gasteiger partial charge < -0.3 is 9.84 Å². The SMILES string of the molecule is CCOC(=O)CC1(c2ccc(-c3ccc(-c4ccsc4CCCC(O)c4ccccc4)cc3)cc2)CC1. The second kappa shape index (κ2) is 11.5. The Morgan fingerprint density at radius 2 is 1.57 bits per heavy atom. The van der Waals surface area contributed by atoms with E-state index in [4.69, 9.17) is 4.74 Å². The fourth-order valence-corrected chi connectivity index (χ4v) is 6.10. The number of aryl methyl sites for hydroxylation is 1. The maximum atomic E-state index is 12.0. The predicted octanol–water partition coefficient (Wildman–Crippen LogP) is 8.12. The molecule has 1 unspecified atom stereocenters. The molecule has 1 aromatic heterocycles. The van der Waals surface area contributed by atoms with E-state index in [2.05, 4.69) is 60.0 Å². The van der Waals surface area contributed by atoms with Crippen LogP contribution in [0.2, 0.25) is 0 Å². The Morgan fingerprint density at radius 1 is 0.919 bits per heavy atom. The van der Waals surface area contributed by atoms with Crippen molar-refractivity contribution >= 4 is 17.3 Å². The van der Waals surface area contributed by atoms with Gasteiger partial charge in [0.25, 0.3) is 0 Å². The molecule has 1 atom stereocenters. The molecule has 0 saturated heterocycles. The molecule has 0 bridgehead atoms. The summed E-state index contributed by atoms with van der Waals surface area (Å²) in [6.07, 6.45) is 4.84. The molecule has 1 saturated carbocycles. The summed E-state index contributed by atoms with van der Waals surface area (Å²) in [6.45, 7) is 2.29. The van der Waals surface area contributed by atoms with Gasteiger partial charge >= 0.3 is 5.97 Å². The molecule has 0 amide bonds. The highest BCUT2D eigenvalue weighted by molar-refractivity contribution is 7.10. The molecule has 0 radical (unpaired) electrons. The molecule has 0 spiro atoms. The van der Waals surface area contributed by atoms with E-state index in [9.17, 15) is 9.90 Å². The van der Waals surface area contributed by atoms with Crippen molar-refractivity contribution in [2.75, 3.05) is 6.61 Å². The molecule has 1 heterocycles. The molecule has 5 rings (SSSR count). The van der Waals surface area contributed by atoms with Gasteiger partial charge in [-0.15, -0.1) is 11.3 Å². The van der Waals surface area contributed by atoms with Gasteiger partial charge in [-0.1, -0.05) is 78.9 Å². The molecule has 4 aromatic rings. The van der Waals surface area contributed by atoms with Crippen molar-refractivity contribution in [3.05, 3.63) is 106 Å². The second-order valence-corrected chi connectivity index (χ2v) is 11.0. The predicted molar refractivity (Wildman–Crippen MR) is 152 cm³/mol. The first kappa shape index (κ1) is 25.4. The van der Waals surface area contributed by atoms with Gasteiger partial charge in [0.15, 0.2) is 0 Å². The van der Waals surface area contributed by atoms with Crippen molar-refractivity contribution in [2.45, 2.75) is 57.0 Å². The van der Waals surface area contributed by atoms with E-state index in [-0.39, 0.29) is 11.4 Å². The molecule has 1 fully saturated rings. The quantitative estimate of drug-likeness (QED) is 0.207. The third kappa shape index (κ3) is 6.03. The van der Waals surface area contributed by atoms with Crippen LogP contribution in [0.5, 0.6) is 0 Å². The van der Waals surface area contributed by atoms with Crippen LogP contribution >= 0.6 is 11.3 Å². The number of aliphatic hydroxyl groups excluding tert-OH is 1. The van der Waals surface area contributed by atoms with Crippen molar-refractivity contribution in [1.82, 2.24) is 0 Å². The highest BCUT2D eigenvalue weighted by Gasteiger charge is 2.46. The summed E-state index contributed by atoms with van der Waals surface area (Å²) in [7, 11) is 0. The number of esters is 1. The standard InChI is InChI=1S/C33H34O3S/c1-2-36-32(35)23-33(20-21-33)28-17-15-25(16-18-28)24-11-13-26(14-12-24)29-19-22-37-31(29)10-6-9-30(34)27-7-4-3-5-8-27/h3-5,7-8,11-19,22,30,34H,2,6,9-10,20-21,23H2,1H3. The molecule has 37 heavy (non-hydrogen) atoms. The van der Waals surface area contributed by atoms with E-state index in [1.165, 1.54) is 32.7 Å². The smallest absolute Gasteiger partial charge is 0.306 e. The van der Waals surface area contributed by atoms with Crippen molar-refractivity contribution in [2.24, 2.45) is 0 Å². The van der Waals surface area contributed by atoms with Gasteiger partial charge in [-0.05, 0) is 83.9 Å². The minimum Gasteiger partial charge on any atom is -0.466 e. The van der Waals surface area contributed by atoms with Crippen LogP contribution < -0.4 is 0 Å². The number of hydrogen-bond donors (Lipinski definition) is 1. The van der Waals surface area contributed by atoms with Crippen LogP contribution in [0.1, 0.15) is 61.1 Å². The number of ether oxygens (including phenoxy) is 1. The average molecular weight is 511 g/mol. The van der Waals surface area contributed by atoms with Gasteiger partial charge in [-0.2, -0.15) is 0 Å². The van der Waals surface area contributed by atoms with Crippen molar-refractivity contribution < 1.29 is 14.6 Å². The molecule has 1 aliphatic carbocycles. The van der Waals surface area contributed by atoms with Gasteiger partial charge in [0, 0.05) is 10.3 Å². The van der Waals surface area contributed by atoms with E-state index in [1.54, 1.807) is 11.3 Å². The summed E-state index contributed by atoms with van der Waals surface area (Å²) in [5.74, 6) is -0.0974. The highest BCUT2D eigenvalue weighted by Crippen LogP contribution is 2.51. The van der Waals surface area contributed by atoms with E-state index >= 15 is 0 Å². The molecular formula is C33H34O3S. The molecule has 1 aliphatic rings. The Bertz CT molecular complexity index is 1300. The highest BCUT2D eigenvalue weighted by atomic mass is 32.1. The van der Waals surface area contributed by atoms with Crippen LogP contribution in [-0.2, 0) is 21.4 Å². The molecule has 4 heteroatoms. The van der Waals surface area contributed by atoms with E-state index in [0.29, 0.717) is 13.0 Å². The number of rotatable bonds is 11. The zero-order valence-electron chi connectivity index (χ0n) is 21.4. The normalized spacial score (nSPS) is 14.8. The number of aliphatic hydroxyl groups is 1. The van der Waals surface area contributed by atoms with E-state index < -0.39 is 6.10 Å². The van der Waals surface area contributed by atoms with Crippen LogP contribution in [0.3, 0.4) is 0 Å². The zero-order chi connectivity index (χ0) is 25.7. The number of benzene rings is 3. The average Bonchev–Trinajstić information content (AvgIpc) is 3.56. The number of hydrogen-bond acceptors (Lipinski definition) is 4. The first-order valence-electron chi connectivity index (χ1n) is 13.2. The number of thiophene rings is 1. The summed E-state index contributed by atoms with van der Waals surface area (Å²) in [5, 5.41) is 12.6. The van der Waals surface area contributed by atoms with Gasteiger partial charge in [0.2, 0.25) is 0 Å². The zero-order valence-corrected chi connectivity index (χ0v) is 22.2. The van der Waals surface area contributed by atoms with Crippen molar-refractivity contribution in [3.63, 3.8) is 0 Å². The molecular weight excluding hydrogens is 476 g/mol. The lowest BCUT2D eigenvalue weighted by Crippen LogP contribution is -2.15. The number of carbonyl (C=O) groups is 1. The Hall–Kier alpha value is -3.21. The monoisotopic (exact) mass is 510 g/mol. The summed E-state index contributed by atoms with van der Waals surface area (Å²) in [6, 6.07) is 29.6. The Balaban J connectivity index is 1.21. The van der Waals surface area contributed by atoms with E-state index in [1.807, 2.05) is 37.3 Å². The first-order chi connectivity index (χ1) is 18.1. The van der Waals surface area contributed by atoms with Gasteiger partial charge in [0.1, 0.15) is 0 Å². The largest absolute Gasteiger partial charge is 0.466 e.